The summed E-state index contributed by atoms with van der Waals surface area (Å²) in [6.45, 7) is 11.7. The van der Waals surface area contributed by atoms with Gasteiger partial charge in [-0.2, -0.15) is 0 Å². The third-order valence-electron chi connectivity index (χ3n) is 4.58. The maximum Gasteiger partial charge on any atom is 0.247 e. The standard InChI is InChI=1S/C21H30ClN7O/c1-16(5-6-17(2)22)21(30)25-14-20-15-26-27-29(20)19(13-23)8-7-18(3)28-11-4-9-24-10-12-28/h5-8,13,15,24H,3-4,9-12,14,23H2,1-2H3,(H,25,30)/b8-7-,16-5+,17-6+,19-13+. The number of hydrogen-bond donors (Lipinski definition) is 3. The lowest BCUT2D eigenvalue weighted by Gasteiger charge is -2.22. The molecule has 0 unspecified atom stereocenters. The fourth-order valence-corrected chi connectivity index (χ4v) is 2.90. The first-order chi connectivity index (χ1) is 14.4. The Morgan fingerprint density at radius 1 is 1.33 bits per heavy atom. The number of amides is 1. The van der Waals surface area contributed by atoms with Gasteiger partial charge in [0.2, 0.25) is 5.91 Å². The summed E-state index contributed by atoms with van der Waals surface area (Å²) in [6, 6.07) is 0. The summed E-state index contributed by atoms with van der Waals surface area (Å²) in [6.07, 6.45) is 11.2. The third-order valence-corrected chi connectivity index (χ3v) is 4.71. The number of nitrogens with one attached hydrogen (secondary N) is 2. The van der Waals surface area contributed by atoms with Gasteiger partial charge >= 0.3 is 0 Å². The van der Waals surface area contributed by atoms with Crippen molar-refractivity contribution in [2.75, 3.05) is 26.2 Å². The van der Waals surface area contributed by atoms with Crippen LogP contribution >= 0.6 is 11.6 Å². The highest BCUT2D eigenvalue weighted by Crippen LogP contribution is 2.12. The van der Waals surface area contributed by atoms with Crippen molar-refractivity contribution in [3.8, 4) is 0 Å². The van der Waals surface area contributed by atoms with Crippen LogP contribution in [0, 0.1) is 0 Å². The summed E-state index contributed by atoms with van der Waals surface area (Å²) >= 11 is 5.79. The molecule has 2 rings (SSSR count). The Morgan fingerprint density at radius 3 is 2.87 bits per heavy atom. The van der Waals surface area contributed by atoms with Crippen molar-refractivity contribution < 1.29 is 4.79 Å². The molecule has 0 atom stereocenters. The van der Waals surface area contributed by atoms with E-state index in [0.717, 1.165) is 38.3 Å². The fourth-order valence-electron chi connectivity index (χ4n) is 2.84. The molecule has 0 radical (unpaired) electrons. The van der Waals surface area contributed by atoms with Crippen molar-refractivity contribution in [1.82, 2.24) is 30.5 Å². The molecule has 0 spiro atoms. The van der Waals surface area contributed by atoms with Gasteiger partial charge in [-0.3, -0.25) is 4.79 Å². The number of nitrogens with two attached hydrogens (primary N) is 1. The molecule has 8 nitrogen and oxygen atoms in total. The molecule has 30 heavy (non-hydrogen) atoms. The Labute approximate surface area is 182 Å². The maximum atomic E-state index is 12.2. The van der Waals surface area contributed by atoms with Crippen LogP contribution in [0.4, 0.5) is 0 Å². The second kappa shape index (κ2) is 12.0. The van der Waals surface area contributed by atoms with Crippen LogP contribution in [0.2, 0.25) is 0 Å². The van der Waals surface area contributed by atoms with E-state index < -0.39 is 0 Å². The lowest BCUT2D eigenvalue weighted by molar-refractivity contribution is -0.117. The highest BCUT2D eigenvalue weighted by Gasteiger charge is 2.11. The van der Waals surface area contributed by atoms with Crippen LogP contribution in [0.25, 0.3) is 5.70 Å². The molecule has 4 N–H and O–H groups in total. The van der Waals surface area contributed by atoms with E-state index in [1.165, 1.54) is 6.20 Å². The van der Waals surface area contributed by atoms with Crippen molar-refractivity contribution in [2.24, 2.45) is 5.73 Å². The molecule has 1 aromatic rings. The summed E-state index contributed by atoms with van der Waals surface area (Å²) in [5.41, 5.74) is 8.62. The van der Waals surface area contributed by atoms with Crippen LogP contribution in [0.15, 0.2) is 59.6 Å². The van der Waals surface area contributed by atoms with Crippen LogP contribution < -0.4 is 16.4 Å². The van der Waals surface area contributed by atoms with Crippen molar-refractivity contribution in [3.05, 3.63) is 65.3 Å². The first-order valence-corrected chi connectivity index (χ1v) is 10.2. The summed E-state index contributed by atoms with van der Waals surface area (Å²) in [4.78, 5) is 14.5. The molecule has 1 aliphatic rings. The van der Waals surface area contributed by atoms with E-state index in [4.69, 9.17) is 17.3 Å². The molecule has 1 amide bonds. The minimum atomic E-state index is -0.200. The van der Waals surface area contributed by atoms with Crippen LogP contribution in [-0.4, -0.2) is 52.0 Å². The average Bonchev–Trinajstić information content (AvgIpc) is 3.02. The van der Waals surface area contributed by atoms with Crippen molar-refractivity contribution in [3.63, 3.8) is 0 Å². The molecule has 162 valence electrons. The molecule has 0 aliphatic carbocycles. The van der Waals surface area contributed by atoms with Crippen molar-refractivity contribution in [2.45, 2.75) is 26.8 Å². The Balaban J connectivity index is 2.02. The molecule has 0 aromatic carbocycles. The first-order valence-electron chi connectivity index (χ1n) is 9.85. The van der Waals surface area contributed by atoms with E-state index in [-0.39, 0.29) is 12.5 Å². The molecular weight excluding hydrogens is 402 g/mol. The van der Waals surface area contributed by atoms with E-state index in [1.54, 1.807) is 36.9 Å². The molecule has 1 aliphatic heterocycles. The molecule has 2 heterocycles. The van der Waals surface area contributed by atoms with Crippen molar-refractivity contribution in [1.29, 1.82) is 0 Å². The SMILES string of the molecule is C=C(/C=C\C(=C/N)n1nncc1CNC(=O)/C(C)=C/C=C(\C)Cl)N1CCCNCC1. The van der Waals surface area contributed by atoms with Crippen molar-refractivity contribution >= 4 is 23.2 Å². The summed E-state index contributed by atoms with van der Waals surface area (Å²) in [5, 5.41) is 14.9. The zero-order valence-electron chi connectivity index (χ0n) is 17.6. The minimum absolute atomic E-state index is 0.200. The van der Waals surface area contributed by atoms with E-state index in [1.807, 2.05) is 12.2 Å². The smallest absolute Gasteiger partial charge is 0.247 e. The number of carbonyl (C=O) groups is 1. The predicted octanol–water partition coefficient (Wildman–Crippen LogP) is 2.11. The van der Waals surface area contributed by atoms with Gasteiger partial charge in [0.05, 0.1) is 24.1 Å². The van der Waals surface area contributed by atoms with Crippen LogP contribution in [0.3, 0.4) is 0 Å². The normalized spacial score (nSPS) is 16.6. The molecular formula is C21H30ClN7O. The number of nitrogens with zero attached hydrogens (tertiary/aromatic N) is 4. The monoisotopic (exact) mass is 431 g/mol. The zero-order chi connectivity index (χ0) is 21.9. The van der Waals surface area contributed by atoms with Gasteiger partial charge in [-0.25, -0.2) is 4.68 Å². The number of allylic oxidation sites excluding steroid dienone is 6. The first kappa shape index (κ1) is 23.4. The number of aromatic nitrogens is 3. The zero-order valence-corrected chi connectivity index (χ0v) is 18.3. The highest BCUT2D eigenvalue weighted by molar-refractivity contribution is 6.29. The number of carbonyl (C=O) groups excluding carboxylic acids is 1. The lowest BCUT2D eigenvalue weighted by atomic mass is 10.2. The second-order valence-corrected chi connectivity index (χ2v) is 7.53. The topological polar surface area (TPSA) is 101 Å². The molecule has 1 saturated heterocycles. The van der Waals surface area contributed by atoms with Gasteiger partial charge in [0, 0.05) is 42.1 Å². The van der Waals surface area contributed by atoms with Gasteiger partial charge in [-0.1, -0.05) is 29.5 Å². The van der Waals surface area contributed by atoms with Gasteiger partial charge < -0.3 is 21.3 Å². The van der Waals surface area contributed by atoms with Crippen LogP contribution in [-0.2, 0) is 11.3 Å². The van der Waals surface area contributed by atoms with E-state index in [2.05, 4.69) is 32.4 Å². The van der Waals surface area contributed by atoms with E-state index in [9.17, 15) is 4.79 Å². The average molecular weight is 432 g/mol. The van der Waals surface area contributed by atoms with E-state index in [0.29, 0.717) is 22.0 Å². The van der Waals surface area contributed by atoms with Gasteiger partial charge in [-0.05, 0) is 45.0 Å². The Bertz CT molecular complexity index is 854. The summed E-state index contributed by atoms with van der Waals surface area (Å²) in [5.74, 6) is -0.200. The number of halogens is 1. The van der Waals surface area contributed by atoms with Gasteiger partial charge in [-0.15, -0.1) is 5.10 Å². The fraction of sp³-hybridized carbons (Fsp3) is 0.381. The third kappa shape index (κ3) is 7.20. The van der Waals surface area contributed by atoms with Gasteiger partial charge in [0.25, 0.3) is 0 Å². The highest BCUT2D eigenvalue weighted by atomic mass is 35.5. The summed E-state index contributed by atoms with van der Waals surface area (Å²) < 4.78 is 1.59. The Hall–Kier alpha value is -2.84. The van der Waals surface area contributed by atoms with Crippen LogP contribution in [0.1, 0.15) is 26.0 Å². The predicted molar refractivity (Wildman–Crippen MR) is 121 cm³/mol. The van der Waals surface area contributed by atoms with Gasteiger partial charge in [0.1, 0.15) is 0 Å². The lowest BCUT2D eigenvalue weighted by Crippen LogP contribution is -2.26. The molecule has 1 aromatic heterocycles. The van der Waals surface area contributed by atoms with E-state index >= 15 is 0 Å². The van der Waals surface area contributed by atoms with Crippen LogP contribution in [0.5, 0.6) is 0 Å². The Morgan fingerprint density at radius 2 is 2.13 bits per heavy atom. The summed E-state index contributed by atoms with van der Waals surface area (Å²) in [7, 11) is 0. The second-order valence-electron chi connectivity index (χ2n) is 6.93. The largest absolute Gasteiger partial charge is 0.403 e. The quantitative estimate of drug-likeness (QED) is 0.430. The molecule has 0 bridgehead atoms. The molecule has 0 saturated carbocycles. The number of hydrogen-bond acceptors (Lipinski definition) is 6. The minimum Gasteiger partial charge on any atom is -0.403 e. The van der Waals surface area contributed by atoms with Gasteiger partial charge in [0.15, 0.2) is 0 Å². The maximum absolute atomic E-state index is 12.2. The molecule has 9 heteroatoms. The number of rotatable bonds is 8. The molecule has 1 fully saturated rings. The Kier molecular flexibility index (Phi) is 9.37.